The van der Waals surface area contributed by atoms with Crippen LogP contribution in [0.5, 0.6) is 0 Å². The van der Waals surface area contributed by atoms with Crippen LogP contribution in [0, 0.1) is 6.92 Å². The van der Waals surface area contributed by atoms with Crippen molar-refractivity contribution in [2.75, 3.05) is 5.32 Å². The molecule has 0 bridgehead atoms. The van der Waals surface area contributed by atoms with E-state index in [1.165, 1.54) is 0 Å². The number of aryl methyl sites for hydroxylation is 1. The Morgan fingerprint density at radius 2 is 2.06 bits per heavy atom. The van der Waals surface area contributed by atoms with Crippen LogP contribution in [0.3, 0.4) is 0 Å². The molecule has 0 aliphatic heterocycles. The first-order valence-electron chi connectivity index (χ1n) is 4.58. The Morgan fingerprint density at radius 3 is 2.62 bits per heavy atom. The predicted octanol–water partition coefficient (Wildman–Crippen LogP) is 1.08. The van der Waals surface area contributed by atoms with Gasteiger partial charge in [-0.25, -0.2) is 5.84 Å². The van der Waals surface area contributed by atoms with Crippen LogP contribution < -0.4 is 16.6 Å². The number of hydrazine groups is 1. The van der Waals surface area contributed by atoms with Crippen molar-refractivity contribution in [3.8, 4) is 0 Å². The summed E-state index contributed by atoms with van der Waals surface area (Å²) < 4.78 is 0.963. The zero-order valence-corrected chi connectivity index (χ0v) is 10.3. The van der Waals surface area contributed by atoms with Crippen molar-refractivity contribution in [1.82, 2.24) is 5.43 Å². The number of carbonyl (C=O) groups excluding carboxylic acids is 2. The van der Waals surface area contributed by atoms with Crippen molar-refractivity contribution in [1.29, 1.82) is 0 Å². The van der Waals surface area contributed by atoms with Crippen LogP contribution in [0.25, 0.3) is 0 Å². The lowest BCUT2D eigenvalue weighted by molar-refractivity contribution is -0.126. The van der Waals surface area contributed by atoms with Crippen molar-refractivity contribution >= 4 is 33.4 Å². The number of nitrogens with two attached hydrogens (primary N) is 1. The van der Waals surface area contributed by atoms with Gasteiger partial charge in [0.25, 0.3) is 0 Å². The number of benzene rings is 1. The minimum absolute atomic E-state index is 0.286. The Hall–Kier alpha value is -1.40. The molecule has 0 aliphatic carbocycles. The molecule has 0 atom stereocenters. The molecule has 16 heavy (non-hydrogen) atoms. The van der Waals surface area contributed by atoms with Crippen LogP contribution in [0.2, 0.25) is 0 Å². The average Bonchev–Trinajstić information content (AvgIpc) is 2.23. The second-order valence-corrected chi connectivity index (χ2v) is 4.11. The van der Waals surface area contributed by atoms with Crippen LogP contribution in [0.15, 0.2) is 22.7 Å². The fourth-order valence-electron chi connectivity index (χ4n) is 1.12. The van der Waals surface area contributed by atoms with Crippen LogP contribution >= 0.6 is 15.9 Å². The van der Waals surface area contributed by atoms with Gasteiger partial charge in [0.15, 0.2) is 0 Å². The molecule has 1 rings (SSSR count). The largest absolute Gasteiger partial charge is 0.326 e. The fraction of sp³-hybridized carbons (Fsp3) is 0.200. The van der Waals surface area contributed by atoms with Crippen molar-refractivity contribution in [2.45, 2.75) is 13.3 Å². The highest BCUT2D eigenvalue weighted by molar-refractivity contribution is 9.10. The van der Waals surface area contributed by atoms with Gasteiger partial charge in [-0.15, -0.1) is 0 Å². The summed E-state index contributed by atoms with van der Waals surface area (Å²) in [5.74, 6) is 3.95. The maximum absolute atomic E-state index is 11.3. The van der Waals surface area contributed by atoms with E-state index < -0.39 is 11.8 Å². The third kappa shape index (κ3) is 3.63. The van der Waals surface area contributed by atoms with Gasteiger partial charge >= 0.3 is 0 Å². The minimum atomic E-state index is -0.522. The van der Waals surface area contributed by atoms with Crippen molar-refractivity contribution in [2.24, 2.45) is 5.84 Å². The van der Waals surface area contributed by atoms with Crippen molar-refractivity contribution in [3.05, 3.63) is 28.2 Å². The Balaban J connectivity index is 2.63. The van der Waals surface area contributed by atoms with Gasteiger partial charge in [0.2, 0.25) is 11.8 Å². The standard InChI is InChI=1S/C10H12BrN3O2/c1-6-4-7(2-3-8(6)11)13-9(15)5-10(16)14-12/h2-4H,5,12H2,1H3,(H,13,15)(H,14,16). The number of nitrogens with one attached hydrogen (secondary N) is 2. The van der Waals surface area contributed by atoms with Gasteiger partial charge in [-0.2, -0.15) is 0 Å². The SMILES string of the molecule is Cc1cc(NC(=O)CC(=O)NN)ccc1Br. The Bertz CT molecular complexity index is 421. The zero-order chi connectivity index (χ0) is 12.1. The van der Waals surface area contributed by atoms with Crippen molar-refractivity contribution < 1.29 is 9.59 Å². The molecule has 0 radical (unpaired) electrons. The van der Waals surface area contributed by atoms with Gasteiger partial charge in [0, 0.05) is 10.2 Å². The molecule has 0 aliphatic rings. The van der Waals surface area contributed by atoms with E-state index in [0.717, 1.165) is 10.0 Å². The van der Waals surface area contributed by atoms with Crippen LogP contribution in [0.4, 0.5) is 5.69 Å². The molecule has 86 valence electrons. The Morgan fingerprint density at radius 1 is 1.38 bits per heavy atom. The van der Waals surface area contributed by atoms with Crippen LogP contribution in [0.1, 0.15) is 12.0 Å². The van der Waals surface area contributed by atoms with Crippen LogP contribution in [-0.4, -0.2) is 11.8 Å². The van der Waals surface area contributed by atoms with E-state index in [-0.39, 0.29) is 6.42 Å². The predicted molar refractivity (Wildman–Crippen MR) is 64.5 cm³/mol. The molecule has 0 saturated heterocycles. The Kier molecular flexibility index (Phi) is 4.45. The van der Waals surface area contributed by atoms with E-state index in [9.17, 15) is 9.59 Å². The number of hydrogen-bond acceptors (Lipinski definition) is 3. The van der Waals surface area contributed by atoms with Crippen LogP contribution in [-0.2, 0) is 9.59 Å². The van der Waals surface area contributed by atoms with E-state index in [1.54, 1.807) is 6.07 Å². The molecule has 4 N–H and O–H groups in total. The van der Waals surface area contributed by atoms with Gasteiger partial charge in [0.1, 0.15) is 6.42 Å². The molecule has 0 spiro atoms. The molecular weight excluding hydrogens is 274 g/mol. The van der Waals surface area contributed by atoms with E-state index in [1.807, 2.05) is 24.5 Å². The van der Waals surface area contributed by atoms with Gasteiger partial charge in [-0.05, 0) is 30.7 Å². The first-order valence-corrected chi connectivity index (χ1v) is 5.37. The molecule has 5 nitrogen and oxygen atoms in total. The molecule has 0 heterocycles. The molecule has 1 aromatic rings. The quantitative estimate of drug-likeness (QED) is 0.336. The first kappa shape index (κ1) is 12.7. The summed E-state index contributed by atoms with van der Waals surface area (Å²) in [5, 5.41) is 2.60. The normalized spacial score (nSPS) is 9.69. The second kappa shape index (κ2) is 5.62. The summed E-state index contributed by atoms with van der Waals surface area (Å²) in [4.78, 5) is 22.2. The lowest BCUT2D eigenvalue weighted by atomic mass is 10.2. The highest BCUT2D eigenvalue weighted by atomic mass is 79.9. The maximum Gasteiger partial charge on any atom is 0.243 e. The van der Waals surface area contributed by atoms with Gasteiger partial charge in [-0.1, -0.05) is 15.9 Å². The molecule has 0 unspecified atom stereocenters. The summed E-state index contributed by atoms with van der Waals surface area (Å²) in [7, 11) is 0. The van der Waals surface area contributed by atoms with Gasteiger partial charge in [0.05, 0.1) is 0 Å². The first-order chi connectivity index (χ1) is 7.52. The fourth-order valence-corrected chi connectivity index (χ4v) is 1.37. The Labute approximate surface area is 101 Å². The summed E-state index contributed by atoms with van der Waals surface area (Å²) in [6, 6.07) is 5.38. The average molecular weight is 286 g/mol. The maximum atomic E-state index is 11.3. The number of amides is 2. The topological polar surface area (TPSA) is 84.2 Å². The zero-order valence-electron chi connectivity index (χ0n) is 8.71. The highest BCUT2D eigenvalue weighted by Crippen LogP contribution is 2.19. The number of hydrogen-bond donors (Lipinski definition) is 3. The summed E-state index contributed by atoms with van der Waals surface area (Å²) in [6.07, 6.45) is -0.286. The summed E-state index contributed by atoms with van der Waals surface area (Å²) in [5.41, 5.74) is 3.54. The minimum Gasteiger partial charge on any atom is -0.326 e. The lowest BCUT2D eigenvalue weighted by Gasteiger charge is -2.06. The highest BCUT2D eigenvalue weighted by Gasteiger charge is 2.08. The molecule has 0 fully saturated rings. The molecule has 6 heteroatoms. The number of carbonyl (C=O) groups is 2. The monoisotopic (exact) mass is 285 g/mol. The van der Waals surface area contributed by atoms with E-state index in [4.69, 9.17) is 5.84 Å². The molecule has 0 saturated carbocycles. The molecular formula is C10H12BrN3O2. The second-order valence-electron chi connectivity index (χ2n) is 3.26. The van der Waals surface area contributed by atoms with Gasteiger partial charge < -0.3 is 5.32 Å². The molecule has 0 aromatic heterocycles. The smallest absolute Gasteiger partial charge is 0.243 e. The van der Waals surface area contributed by atoms with Crippen molar-refractivity contribution in [3.63, 3.8) is 0 Å². The third-order valence-corrected chi connectivity index (χ3v) is 2.81. The lowest BCUT2D eigenvalue weighted by Crippen LogP contribution is -2.33. The molecule has 2 amide bonds. The number of halogens is 1. The summed E-state index contributed by atoms with van der Waals surface area (Å²) >= 11 is 3.35. The number of anilines is 1. The van der Waals surface area contributed by atoms with Gasteiger partial charge in [-0.3, -0.25) is 15.0 Å². The van der Waals surface area contributed by atoms with E-state index in [0.29, 0.717) is 5.69 Å². The summed E-state index contributed by atoms with van der Waals surface area (Å²) in [6.45, 7) is 1.91. The van der Waals surface area contributed by atoms with E-state index >= 15 is 0 Å². The number of rotatable bonds is 3. The van der Waals surface area contributed by atoms with E-state index in [2.05, 4.69) is 21.2 Å². The molecule has 1 aromatic carbocycles. The third-order valence-electron chi connectivity index (χ3n) is 1.92.